The third-order valence-electron chi connectivity index (χ3n) is 4.13. The minimum Gasteiger partial charge on any atom is -0.337 e. The Balaban J connectivity index is 1.54. The Bertz CT molecular complexity index is 276. The second-order valence-electron chi connectivity index (χ2n) is 5.61. The Morgan fingerprint density at radius 3 is 2.37 bits per heavy atom. The van der Waals surface area contributed by atoms with Gasteiger partial charge >= 0.3 is 6.03 Å². The van der Waals surface area contributed by atoms with Gasteiger partial charge in [0.1, 0.15) is 0 Å². The topological polar surface area (TPSA) is 56.4 Å². The van der Waals surface area contributed by atoms with Gasteiger partial charge in [0.2, 0.25) is 0 Å². The lowest BCUT2D eigenvalue weighted by molar-refractivity contribution is 0.228. The van der Waals surface area contributed by atoms with Gasteiger partial charge in [-0.25, -0.2) is 4.79 Å². The van der Waals surface area contributed by atoms with Gasteiger partial charge in [-0.2, -0.15) is 0 Å². The molecule has 0 aromatic heterocycles. The number of carbonyl (C=O) groups is 1. The number of nitrogens with zero attached hydrogens (tertiary/aromatic N) is 1. The van der Waals surface area contributed by atoms with Crippen LogP contribution in [0, 0.1) is 0 Å². The molecule has 0 radical (unpaired) electrons. The highest BCUT2D eigenvalue weighted by atomic mass is 127. The average Bonchev–Trinajstić information content (AvgIpc) is 2.93. The molecule has 1 saturated heterocycles. The smallest absolute Gasteiger partial charge is 0.315 e. The van der Waals surface area contributed by atoms with Gasteiger partial charge in [-0.3, -0.25) is 3.53 Å². The van der Waals surface area contributed by atoms with Crippen molar-refractivity contribution in [1.82, 2.24) is 19.1 Å². The first-order chi connectivity index (χ1) is 9.28. The Morgan fingerprint density at radius 1 is 1.11 bits per heavy atom. The van der Waals surface area contributed by atoms with Crippen molar-refractivity contribution in [2.24, 2.45) is 0 Å². The van der Waals surface area contributed by atoms with Crippen LogP contribution < -0.4 is 14.2 Å². The van der Waals surface area contributed by atoms with E-state index in [9.17, 15) is 4.79 Å². The van der Waals surface area contributed by atoms with Crippen LogP contribution in [-0.2, 0) is 0 Å². The van der Waals surface area contributed by atoms with Crippen LogP contribution in [0.25, 0.3) is 0 Å². The van der Waals surface area contributed by atoms with E-state index in [0.29, 0.717) is 12.1 Å². The second-order valence-corrected chi connectivity index (χ2v) is 6.23. The first-order valence-corrected chi connectivity index (χ1v) is 8.48. The van der Waals surface area contributed by atoms with E-state index in [-0.39, 0.29) is 6.03 Å². The molecule has 0 spiro atoms. The van der Waals surface area contributed by atoms with Gasteiger partial charge in [-0.05, 0) is 51.6 Å². The fourth-order valence-electron chi connectivity index (χ4n) is 2.92. The molecule has 1 heterocycles. The number of rotatable bonds is 5. The summed E-state index contributed by atoms with van der Waals surface area (Å²) in [5.74, 6) is 0. The van der Waals surface area contributed by atoms with Gasteiger partial charge < -0.3 is 15.5 Å². The van der Waals surface area contributed by atoms with Crippen LogP contribution in [-0.4, -0.2) is 49.2 Å². The molecular weight excluding hydrogens is 355 g/mol. The molecule has 2 aliphatic rings. The van der Waals surface area contributed by atoms with Crippen LogP contribution in [0.15, 0.2) is 0 Å². The molecule has 0 bridgehead atoms. The standard InChI is InChI=1S/C13H25IN4O/c14-17-12-5-3-11(4-6-12)16-13(19)15-7-10-18-8-1-2-9-18/h11-12,17H,1-10H2,(H2,15,16,19)/t11-,12-. The largest absolute Gasteiger partial charge is 0.337 e. The molecule has 5 nitrogen and oxygen atoms in total. The molecule has 0 unspecified atom stereocenters. The minimum atomic E-state index is 0.00470. The Morgan fingerprint density at radius 2 is 1.74 bits per heavy atom. The van der Waals surface area contributed by atoms with Crippen molar-refractivity contribution in [3.05, 3.63) is 0 Å². The third-order valence-corrected chi connectivity index (χ3v) is 5.01. The van der Waals surface area contributed by atoms with Gasteiger partial charge in [-0.1, -0.05) is 0 Å². The molecular formula is C13H25IN4O. The number of hydrogen-bond acceptors (Lipinski definition) is 3. The summed E-state index contributed by atoms with van der Waals surface area (Å²) in [4.78, 5) is 14.2. The highest BCUT2D eigenvalue weighted by Crippen LogP contribution is 2.19. The molecule has 2 fully saturated rings. The zero-order valence-electron chi connectivity index (χ0n) is 11.5. The fraction of sp³-hybridized carbons (Fsp3) is 0.923. The SMILES string of the molecule is O=C(NCCN1CCCC1)N[C@H]1CC[C@H](NI)CC1. The van der Waals surface area contributed by atoms with Gasteiger partial charge in [0, 0.05) is 48.0 Å². The van der Waals surface area contributed by atoms with E-state index < -0.39 is 0 Å². The normalized spacial score (nSPS) is 28.3. The van der Waals surface area contributed by atoms with Crippen LogP contribution in [0.4, 0.5) is 4.79 Å². The molecule has 1 aliphatic carbocycles. The summed E-state index contributed by atoms with van der Waals surface area (Å²) in [6, 6.07) is 0.981. The summed E-state index contributed by atoms with van der Waals surface area (Å²) in [6.07, 6.45) is 7.09. The Labute approximate surface area is 129 Å². The summed E-state index contributed by atoms with van der Waals surface area (Å²) >= 11 is 2.22. The quantitative estimate of drug-likeness (QED) is 0.502. The van der Waals surface area contributed by atoms with E-state index in [2.05, 4.69) is 41.9 Å². The molecule has 2 rings (SSSR count). The van der Waals surface area contributed by atoms with Crippen molar-refractivity contribution >= 4 is 28.9 Å². The molecule has 1 aliphatic heterocycles. The van der Waals surface area contributed by atoms with E-state index in [4.69, 9.17) is 0 Å². The van der Waals surface area contributed by atoms with Gasteiger partial charge in [-0.15, -0.1) is 0 Å². The molecule has 1 saturated carbocycles. The number of carbonyl (C=O) groups excluding carboxylic acids is 1. The van der Waals surface area contributed by atoms with Crippen LogP contribution in [0.2, 0.25) is 0 Å². The van der Waals surface area contributed by atoms with E-state index >= 15 is 0 Å². The van der Waals surface area contributed by atoms with E-state index in [1.165, 1.54) is 25.9 Å². The minimum absolute atomic E-state index is 0.00470. The van der Waals surface area contributed by atoms with Gasteiger partial charge in [0.15, 0.2) is 0 Å². The lowest BCUT2D eigenvalue weighted by Crippen LogP contribution is -2.46. The van der Waals surface area contributed by atoms with Crippen LogP contribution in [0.3, 0.4) is 0 Å². The van der Waals surface area contributed by atoms with Crippen molar-refractivity contribution in [1.29, 1.82) is 0 Å². The van der Waals surface area contributed by atoms with Crippen molar-refractivity contribution in [2.45, 2.75) is 50.6 Å². The molecule has 19 heavy (non-hydrogen) atoms. The molecule has 0 atom stereocenters. The zero-order chi connectivity index (χ0) is 13.5. The van der Waals surface area contributed by atoms with Crippen LogP contribution in [0.1, 0.15) is 38.5 Å². The highest BCUT2D eigenvalue weighted by molar-refractivity contribution is 14.1. The maximum absolute atomic E-state index is 11.8. The number of urea groups is 1. The molecule has 3 N–H and O–H groups in total. The van der Waals surface area contributed by atoms with Crippen LogP contribution >= 0.6 is 22.9 Å². The molecule has 6 heteroatoms. The highest BCUT2D eigenvalue weighted by Gasteiger charge is 2.21. The fourth-order valence-corrected chi connectivity index (χ4v) is 3.54. The number of amides is 2. The molecule has 2 amide bonds. The van der Waals surface area contributed by atoms with Crippen molar-refractivity contribution in [3.8, 4) is 0 Å². The van der Waals surface area contributed by atoms with Crippen LogP contribution in [0.5, 0.6) is 0 Å². The monoisotopic (exact) mass is 380 g/mol. The van der Waals surface area contributed by atoms with E-state index in [0.717, 1.165) is 38.8 Å². The first kappa shape index (κ1) is 15.3. The molecule has 0 aromatic carbocycles. The third kappa shape index (κ3) is 5.43. The molecule has 0 aromatic rings. The predicted octanol–water partition coefficient (Wildman–Crippen LogP) is 1.63. The van der Waals surface area contributed by atoms with Gasteiger partial charge in [0.25, 0.3) is 0 Å². The number of halogens is 1. The maximum Gasteiger partial charge on any atom is 0.315 e. The summed E-state index contributed by atoms with van der Waals surface area (Å²) < 4.78 is 3.28. The summed E-state index contributed by atoms with van der Waals surface area (Å²) in [7, 11) is 0. The number of likely N-dealkylation sites (tertiary alicyclic amines) is 1. The number of nitrogens with one attached hydrogen (secondary N) is 3. The maximum atomic E-state index is 11.8. The van der Waals surface area contributed by atoms with Crippen molar-refractivity contribution < 1.29 is 4.79 Å². The Hall–Kier alpha value is -0.0800. The first-order valence-electron chi connectivity index (χ1n) is 7.41. The van der Waals surface area contributed by atoms with Crippen molar-refractivity contribution in [3.63, 3.8) is 0 Å². The number of hydrogen-bond donors (Lipinski definition) is 3. The molecule has 110 valence electrons. The zero-order valence-corrected chi connectivity index (χ0v) is 13.6. The predicted molar refractivity (Wildman–Crippen MR) is 85.4 cm³/mol. The average molecular weight is 380 g/mol. The summed E-state index contributed by atoms with van der Waals surface area (Å²) in [5.41, 5.74) is 0. The lowest BCUT2D eigenvalue weighted by atomic mass is 9.92. The van der Waals surface area contributed by atoms with E-state index in [1.54, 1.807) is 0 Å². The Kier molecular flexibility index (Phi) is 6.66. The lowest BCUT2D eigenvalue weighted by Gasteiger charge is -2.28. The van der Waals surface area contributed by atoms with E-state index in [1.807, 2.05) is 0 Å². The van der Waals surface area contributed by atoms with Gasteiger partial charge in [0.05, 0.1) is 0 Å². The summed E-state index contributed by atoms with van der Waals surface area (Å²) in [6.45, 7) is 4.13. The van der Waals surface area contributed by atoms with Crippen molar-refractivity contribution in [2.75, 3.05) is 26.2 Å². The second kappa shape index (κ2) is 8.26. The summed E-state index contributed by atoms with van der Waals surface area (Å²) in [5, 5.41) is 6.06.